The minimum absolute atomic E-state index is 0.530. The van der Waals surface area contributed by atoms with Gasteiger partial charge in [-0.25, -0.2) is 0 Å². The molecule has 2 aliphatic rings. The maximum absolute atomic E-state index is 3.85. The van der Waals surface area contributed by atoms with Crippen molar-refractivity contribution in [3.63, 3.8) is 0 Å². The highest BCUT2D eigenvalue weighted by Crippen LogP contribution is 2.42. The minimum atomic E-state index is 0.530. The summed E-state index contributed by atoms with van der Waals surface area (Å²) in [4.78, 5) is 0. The van der Waals surface area contributed by atoms with Crippen LogP contribution in [0.1, 0.15) is 66.2 Å². The van der Waals surface area contributed by atoms with Crippen LogP contribution in [0.2, 0.25) is 0 Å². The third-order valence-corrected chi connectivity index (χ3v) is 6.65. The first-order chi connectivity index (χ1) is 13.1. The van der Waals surface area contributed by atoms with Gasteiger partial charge in [-0.1, -0.05) is 54.8 Å². The lowest BCUT2D eigenvalue weighted by Crippen LogP contribution is -2.47. The smallest absolute Gasteiger partial charge is 0.0340 e. The Labute approximate surface area is 166 Å². The fourth-order valence-corrected chi connectivity index (χ4v) is 5.09. The molecule has 0 fully saturated rings. The van der Waals surface area contributed by atoms with Crippen LogP contribution in [0, 0.1) is 11.8 Å². The number of unbranched alkanes of at least 4 members (excludes halogenated alkanes) is 1. The number of para-hydroxylation sites is 1. The third kappa shape index (κ3) is 4.85. The van der Waals surface area contributed by atoms with E-state index in [1.165, 1.54) is 44.2 Å². The summed E-state index contributed by atoms with van der Waals surface area (Å²) in [5, 5.41) is 7.40. The maximum atomic E-state index is 3.85. The van der Waals surface area contributed by atoms with Gasteiger partial charge in [0.25, 0.3) is 0 Å². The molecule has 2 nitrogen and oxygen atoms in total. The Balaban J connectivity index is 1.63. The summed E-state index contributed by atoms with van der Waals surface area (Å²) in [6.07, 6.45) is 10.2. The lowest BCUT2D eigenvalue weighted by molar-refractivity contribution is 0.360. The van der Waals surface area contributed by atoms with Crippen LogP contribution in [0.4, 0.5) is 5.69 Å². The van der Waals surface area contributed by atoms with Crippen molar-refractivity contribution in [1.29, 1.82) is 0 Å². The molecule has 4 unspecified atom stereocenters. The normalized spacial score (nSPS) is 27.9. The predicted molar refractivity (Wildman–Crippen MR) is 118 cm³/mol. The Bertz CT molecular complexity index is 658. The van der Waals surface area contributed by atoms with E-state index in [1.807, 2.05) is 0 Å². The van der Waals surface area contributed by atoms with Crippen molar-refractivity contribution in [2.45, 2.75) is 78.3 Å². The molecule has 0 aromatic heterocycles. The highest BCUT2D eigenvalue weighted by molar-refractivity contribution is 5.42. The van der Waals surface area contributed by atoms with Crippen molar-refractivity contribution in [3.8, 4) is 0 Å². The van der Waals surface area contributed by atoms with E-state index in [0.717, 1.165) is 12.5 Å². The summed E-state index contributed by atoms with van der Waals surface area (Å²) < 4.78 is 0. The molecule has 0 radical (unpaired) electrons. The second kappa shape index (κ2) is 9.59. The molecule has 2 heteroatoms. The van der Waals surface area contributed by atoms with Crippen molar-refractivity contribution < 1.29 is 0 Å². The van der Waals surface area contributed by atoms with Gasteiger partial charge in [-0.2, -0.15) is 0 Å². The number of hydrogen-bond acceptors (Lipinski definition) is 2. The number of allylic oxidation sites excluding steroid dienone is 1. The van der Waals surface area contributed by atoms with Crippen LogP contribution in [-0.4, -0.2) is 18.6 Å². The van der Waals surface area contributed by atoms with Gasteiger partial charge in [0.2, 0.25) is 0 Å². The van der Waals surface area contributed by atoms with Crippen LogP contribution in [0.15, 0.2) is 53.1 Å². The molecule has 1 aromatic carbocycles. The summed E-state index contributed by atoms with van der Waals surface area (Å²) in [5.74, 6) is 1.39. The number of anilines is 1. The average Bonchev–Trinajstić information content (AvgIpc) is 2.69. The Morgan fingerprint density at radius 3 is 2.56 bits per heavy atom. The standard InChI is InChI=1S/C25H38N2/c1-5-20-16-24-19(4)27-18(3)23(25(24)17-21(20)6-2)14-10-11-15-26-22-12-8-7-9-13-22/h7-9,12-13,16,18-19,21,24,26-27H,5-6,10-11,14-15,17H2,1-4H3. The molecule has 0 saturated carbocycles. The van der Waals surface area contributed by atoms with Gasteiger partial charge in [0.05, 0.1) is 0 Å². The first kappa shape index (κ1) is 20.2. The van der Waals surface area contributed by atoms with Crippen molar-refractivity contribution in [2.24, 2.45) is 11.8 Å². The van der Waals surface area contributed by atoms with Gasteiger partial charge >= 0.3 is 0 Å². The molecule has 148 valence electrons. The maximum Gasteiger partial charge on any atom is 0.0340 e. The van der Waals surface area contributed by atoms with Crippen molar-refractivity contribution >= 4 is 5.69 Å². The number of hydrogen-bond donors (Lipinski definition) is 2. The number of rotatable bonds is 8. The molecule has 0 spiro atoms. The fourth-order valence-electron chi connectivity index (χ4n) is 5.09. The molecule has 1 aromatic rings. The van der Waals surface area contributed by atoms with Crippen molar-refractivity contribution in [1.82, 2.24) is 5.32 Å². The monoisotopic (exact) mass is 366 g/mol. The van der Waals surface area contributed by atoms with Gasteiger partial charge in [0.1, 0.15) is 0 Å². The van der Waals surface area contributed by atoms with Crippen LogP contribution in [0.25, 0.3) is 0 Å². The number of nitrogens with one attached hydrogen (secondary N) is 2. The lowest BCUT2D eigenvalue weighted by atomic mass is 9.69. The first-order valence-corrected chi connectivity index (χ1v) is 11.1. The molecule has 4 atom stereocenters. The quantitative estimate of drug-likeness (QED) is 0.415. The number of fused-ring (bicyclic) bond motifs is 1. The zero-order valence-electron chi connectivity index (χ0n) is 17.7. The zero-order chi connectivity index (χ0) is 19.2. The zero-order valence-corrected chi connectivity index (χ0v) is 17.7. The average molecular weight is 367 g/mol. The van der Waals surface area contributed by atoms with Crippen LogP contribution < -0.4 is 10.6 Å². The van der Waals surface area contributed by atoms with Crippen LogP contribution in [0.3, 0.4) is 0 Å². The summed E-state index contributed by atoms with van der Waals surface area (Å²) in [6.45, 7) is 10.5. The largest absolute Gasteiger partial charge is 0.385 e. The minimum Gasteiger partial charge on any atom is -0.385 e. The highest BCUT2D eigenvalue weighted by Gasteiger charge is 2.35. The molecule has 1 heterocycles. The van der Waals surface area contributed by atoms with Gasteiger partial charge in [-0.15, -0.1) is 0 Å². The van der Waals surface area contributed by atoms with E-state index in [0.29, 0.717) is 18.0 Å². The van der Waals surface area contributed by atoms with E-state index in [4.69, 9.17) is 0 Å². The van der Waals surface area contributed by atoms with Gasteiger partial charge < -0.3 is 10.6 Å². The lowest BCUT2D eigenvalue weighted by Gasteiger charge is -2.42. The molecule has 1 aliphatic carbocycles. The van der Waals surface area contributed by atoms with Gasteiger partial charge in [0.15, 0.2) is 0 Å². The molecular weight excluding hydrogens is 328 g/mol. The van der Waals surface area contributed by atoms with Gasteiger partial charge in [-0.05, 0) is 70.4 Å². The Morgan fingerprint density at radius 1 is 1.07 bits per heavy atom. The Hall–Kier alpha value is -1.54. The van der Waals surface area contributed by atoms with Crippen LogP contribution in [-0.2, 0) is 0 Å². The second-order valence-corrected chi connectivity index (χ2v) is 8.41. The van der Waals surface area contributed by atoms with E-state index in [2.05, 4.69) is 74.7 Å². The van der Waals surface area contributed by atoms with Crippen molar-refractivity contribution in [3.05, 3.63) is 53.1 Å². The molecule has 0 bridgehead atoms. The van der Waals surface area contributed by atoms with E-state index in [9.17, 15) is 0 Å². The van der Waals surface area contributed by atoms with Gasteiger partial charge in [-0.3, -0.25) is 0 Å². The second-order valence-electron chi connectivity index (χ2n) is 8.41. The molecule has 0 amide bonds. The Kier molecular flexibility index (Phi) is 7.18. The van der Waals surface area contributed by atoms with E-state index in [-0.39, 0.29) is 0 Å². The molecule has 1 aliphatic heterocycles. The van der Waals surface area contributed by atoms with Crippen LogP contribution >= 0.6 is 0 Å². The van der Waals surface area contributed by atoms with E-state index in [1.54, 1.807) is 16.7 Å². The Morgan fingerprint density at radius 2 is 1.85 bits per heavy atom. The summed E-state index contributed by atoms with van der Waals surface area (Å²) in [5.41, 5.74) is 6.41. The molecule has 27 heavy (non-hydrogen) atoms. The number of benzene rings is 1. The SMILES string of the molecule is CCC1=CC2C(=C(CCCCNc3ccccc3)C(C)NC2C)CC1CC. The van der Waals surface area contributed by atoms with Crippen LogP contribution in [0.5, 0.6) is 0 Å². The third-order valence-electron chi connectivity index (χ3n) is 6.65. The summed E-state index contributed by atoms with van der Waals surface area (Å²) in [7, 11) is 0. The van der Waals surface area contributed by atoms with Gasteiger partial charge in [0, 0.05) is 30.2 Å². The molecule has 0 saturated heterocycles. The topological polar surface area (TPSA) is 24.1 Å². The first-order valence-electron chi connectivity index (χ1n) is 11.1. The molecule has 3 rings (SSSR count). The summed E-state index contributed by atoms with van der Waals surface area (Å²) in [6, 6.07) is 11.6. The van der Waals surface area contributed by atoms with Crippen molar-refractivity contribution in [2.75, 3.05) is 11.9 Å². The van der Waals surface area contributed by atoms with E-state index >= 15 is 0 Å². The van der Waals surface area contributed by atoms with E-state index < -0.39 is 0 Å². The molecule has 2 N–H and O–H groups in total. The highest BCUT2D eigenvalue weighted by atomic mass is 15.0. The fraction of sp³-hybridized carbons (Fsp3) is 0.600. The molecular formula is C25H38N2. The summed E-state index contributed by atoms with van der Waals surface area (Å²) >= 11 is 0. The predicted octanol–water partition coefficient (Wildman–Crippen LogP) is 6.33.